The molecular weight excluding hydrogens is 234 g/mol. The molecule has 0 saturated heterocycles. The zero-order valence-electron chi connectivity index (χ0n) is 12.4. The van der Waals surface area contributed by atoms with Crippen molar-refractivity contribution < 1.29 is 0 Å². The Morgan fingerprint density at radius 1 is 1.16 bits per heavy atom. The molecule has 1 saturated carbocycles. The van der Waals surface area contributed by atoms with Crippen LogP contribution in [0.1, 0.15) is 63.3 Å². The second kappa shape index (κ2) is 7.59. The van der Waals surface area contributed by atoms with Crippen molar-refractivity contribution in [1.29, 1.82) is 0 Å². The molecule has 1 heterocycles. The summed E-state index contributed by atoms with van der Waals surface area (Å²) >= 11 is 0. The lowest BCUT2D eigenvalue weighted by Gasteiger charge is -2.16. The first-order valence-corrected chi connectivity index (χ1v) is 7.79. The molecule has 1 N–H and O–H groups in total. The van der Waals surface area contributed by atoms with Gasteiger partial charge in [-0.05, 0) is 32.1 Å². The number of nitrogens with zero attached hydrogens (tertiary/aromatic N) is 2. The average Bonchev–Trinajstić information content (AvgIpc) is 2.64. The third kappa shape index (κ3) is 4.90. The van der Waals surface area contributed by atoms with Gasteiger partial charge >= 0.3 is 0 Å². The van der Waals surface area contributed by atoms with Crippen LogP contribution in [0.4, 0.5) is 0 Å². The molecule has 0 amide bonds. The molecule has 2 atom stereocenters. The van der Waals surface area contributed by atoms with Crippen molar-refractivity contribution in [2.24, 2.45) is 5.92 Å². The van der Waals surface area contributed by atoms with E-state index in [1.165, 1.54) is 44.9 Å². The average molecular weight is 261 g/mol. The Hall–Kier alpha value is -0.960. The highest BCUT2D eigenvalue weighted by molar-refractivity contribution is 5.00. The van der Waals surface area contributed by atoms with Crippen LogP contribution in [0, 0.1) is 12.8 Å². The van der Waals surface area contributed by atoms with Crippen LogP contribution in [0.5, 0.6) is 0 Å². The maximum atomic E-state index is 4.41. The SMILES string of the molecule is CCCC1CCCC(NCc2cnc(C)cn2)CC1. The fraction of sp³-hybridized carbons (Fsp3) is 0.750. The van der Waals surface area contributed by atoms with Gasteiger partial charge in [0, 0.05) is 25.0 Å². The summed E-state index contributed by atoms with van der Waals surface area (Å²) < 4.78 is 0. The van der Waals surface area contributed by atoms with Gasteiger partial charge in [-0.2, -0.15) is 0 Å². The van der Waals surface area contributed by atoms with Crippen molar-refractivity contribution in [2.75, 3.05) is 0 Å². The Morgan fingerprint density at radius 3 is 2.79 bits per heavy atom. The number of aryl methyl sites for hydroxylation is 1. The normalized spacial score (nSPS) is 24.1. The van der Waals surface area contributed by atoms with Crippen molar-refractivity contribution in [3.05, 3.63) is 23.8 Å². The molecule has 19 heavy (non-hydrogen) atoms. The predicted octanol–water partition coefficient (Wildman–Crippen LogP) is 3.62. The molecule has 2 rings (SSSR count). The Kier molecular flexibility index (Phi) is 5.77. The maximum absolute atomic E-state index is 4.41. The maximum Gasteiger partial charge on any atom is 0.0724 e. The Bertz CT molecular complexity index is 361. The van der Waals surface area contributed by atoms with E-state index in [9.17, 15) is 0 Å². The molecule has 106 valence electrons. The van der Waals surface area contributed by atoms with Gasteiger partial charge in [0.05, 0.1) is 11.4 Å². The van der Waals surface area contributed by atoms with Crippen molar-refractivity contribution in [2.45, 2.75) is 71.4 Å². The Balaban J connectivity index is 1.75. The van der Waals surface area contributed by atoms with Crippen molar-refractivity contribution in [1.82, 2.24) is 15.3 Å². The lowest BCUT2D eigenvalue weighted by molar-refractivity contribution is 0.409. The van der Waals surface area contributed by atoms with Gasteiger partial charge in [-0.1, -0.05) is 32.6 Å². The lowest BCUT2D eigenvalue weighted by Crippen LogP contribution is -2.28. The van der Waals surface area contributed by atoms with E-state index in [1.54, 1.807) is 0 Å². The first kappa shape index (κ1) is 14.4. The summed E-state index contributed by atoms with van der Waals surface area (Å²) in [6, 6.07) is 0.671. The summed E-state index contributed by atoms with van der Waals surface area (Å²) in [5, 5.41) is 3.66. The summed E-state index contributed by atoms with van der Waals surface area (Å²) in [4.78, 5) is 8.70. The van der Waals surface area contributed by atoms with Gasteiger partial charge in [0.15, 0.2) is 0 Å². The van der Waals surface area contributed by atoms with Gasteiger partial charge in [0.2, 0.25) is 0 Å². The molecule has 0 radical (unpaired) electrons. The van der Waals surface area contributed by atoms with E-state index in [1.807, 2.05) is 19.3 Å². The van der Waals surface area contributed by atoms with Crippen LogP contribution in [0.25, 0.3) is 0 Å². The Labute approximate surface area is 117 Å². The first-order valence-electron chi connectivity index (χ1n) is 7.79. The summed E-state index contributed by atoms with van der Waals surface area (Å²) in [5.74, 6) is 0.968. The third-order valence-corrected chi connectivity index (χ3v) is 4.19. The molecule has 1 aromatic rings. The molecule has 1 aliphatic carbocycles. The zero-order chi connectivity index (χ0) is 13.5. The number of nitrogens with one attached hydrogen (secondary N) is 1. The van der Waals surface area contributed by atoms with Crippen LogP contribution in [-0.2, 0) is 6.54 Å². The molecule has 0 aliphatic heterocycles. The fourth-order valence-corrected chi connectivity index (χ4v) is 3.04. The van der Waals surface area contributed by atoms with E-state index >= 15 is 0 Å². The first-order chi connectivity index (χ1) is 9.28. The van der Waals surface area contributed by atoms with Crippen LogP contribution < -0.4 is 5.32 Å². The second-order valence-corrected chi connectivity index (χ2v) is 5.89. The van der Waals surface area contributed by atoms with E-state index in [4.69, 9.17) is 0 Å². The van der Waals surface area contributed by atoms with E-state index in [0.29, 0.717) is 6.04 Å². The van der Waals surface area contributed by atoms with Gasteiger partial charge in [0.1, 0.15) is 0 Å². The molecule has 1 aromatic heterocycles. The van der Waals surface area contributed by atoms with Gasteiger partial charge in [0.25, 0.3) is 0 Å². The van der Waals surface area contributed by atoms with Crippen LogP contribution in [0.15, 0.2) is 12.4 Å². The van der Waals surface area contributed by atoms with Crippen LogP contribution in [0.3, 0.4) is 0 Å². The predicted molar refractivity (Wildman–Crippen MR) is 78.9 cm³/mol. The third-order valence-electron chi connectivity index (χ3n) is 4.19. The van der Waals surface area contributed by atoms with Gasteiger partial charge < -0.3 is 5.32 Å². The smallest absolute Gasteiger partial charge is 0.0724 e. The molecule has 1 fully saturated rings. The van der Waals surface area contributed by atoms with Gasteiger partial charge in [-0.3, -0.25) is 9.97 Å². The van der Waals surface area contributed by atoms with Crippen molar-refractivity contribution in [3.63, 3.8) is 0 Å². The molecular formula is C16H27N3. The summed E-state index contributed by atoms with van der Waals surface area (Å²) in [5.41, 5.74) is 2.04. The number of hydrogen-bond acceptors (Lipinski definition) is 3. The fourth-order valence-electron chi connectivity index (χ4n) is 3.04. The molecule has 1 aliphatic rings. The monoisotopic (exact) mass is 261 g/mol. The topological polar surface area (TPSA) is 37.8 Å². The second-order valence-electron chi connectivity index (χ2n) is 5.89. The highest BCUT2D eigenvalue weighted by atomic mass is 14.9. The van der Waals surface area contributed by atoms with Crippen molar-refractivity contribution in [3.8, 4) is 0 Å². The summed E-state index contributed by atoms with van der Waals surface area (Å²) in [6.45, 7) is 5.14. The summed E-state index contributed by atoms with van der Waals surface area (Å²) in [6.07, 6.45) is 13.3. The van der Waals surface area contributed by atoms with E-state index < -0.39 is 0 Å². The molecule has 0 aromatic carbocycles. The summed E-state index contributed by atoms with van der Waals surface area (Å²) in [7, 11) is 0. The zero-order valence-corrected chi connectivity index (χ0v) is 12.4. The molecule has 0 spiro atoms. The molecule has 2 unspecified atom stereocenters. The molecule has 0 bridgehead atoms. The van der Waals surface area contributed by atoms with Crippen LogP contribution in [-0.4, -0.2) is 16.0 Å². The molecule has 3 nitrogen and oxygen atoms in total. The largest absolute Gasteiger partial charge is 0.308 e. The highest BCUT2D eigenvalue weighted by Crippen LogP contribution is 2.26. The van der Waals surface area contributed by atoms with E-state index in [2.05, 4.69) is 22.2 Å². The van der Waals surface area contributed by atoms with E-state index in [0.717, 1.165) is 23.9 Å². The number of aromatic nitrogens is 2. The highest BCUT2D eigenvalue weighted by Gasteiger charge is 2.17. The number of rotatable bonds is 5. The van der Waals surface area contributed by atoms with Crippen LogP contribution in [0.2, 0.25) is 0 Å². The quantitative estimate of drug-likeness (QED) is 0.823. The standard InChI is InChI=1S/C16H27N3/c1-3-5-14-6-4-7-15(9-8-14)19-12-16-11-17-13(2)10-18-16/h10-11,14-15,19H,3-9,12H2,1-2H3. The molecule has 3 heteroatoms. The van der Waals surface area contributed by atoms with Gasteiger partial charge in [-0.15, -0.1) is 0 Å². The number of hydrogen-bond donors (Lipinski definition) is 1. The lowest BCUT2D eigenvalue weighted by atomic mass is 9.95. The Morgan fingerprint density at radius 2 is 2.05 bits per heavy atom. The van der Waals surface area contributed by atoms with E-state index in [-0.39, 0.29) is 0 Å². The minimum absolute atomic E-state index is 0.671. The van der Waals surface area contributed by atoms with Gasteiger partial charge in [-0.25, -0.2) is 0 Å². The van der Waals surface area contributed by atoms with Crippen LogP contribution >= 0.6 is 0 Å². The minimum Gasteiger partial charge on any atom is -0.308 e. The van der Waals surface area contributed by atoms with Crippen molar-refractivity contribution >= 4 is 0 Å². The minimum atomic E-state index is 0.671.